The van der Waals surface area contributed by atoms with Crippen LogP contribution >= 0.6 is 22.5 Å². The first kappa shape index (κ1) is 14.5. The van der Waals surface area contributed by atoms with Crippen molar-refractivity contribution in [3.8, 4) is 0 Å². The van der Waals surface area contributed by atoms with Gasteiger partial charge < -0.3 is 0 Å². The van der Waals surface area contributed by atoms with E-state index in [0.29, 0.717) is 25.7 Å². The first-order chi connectivity index (χ1) is 6.74. The van der Waals surface area contributed by atoms with Crippen LogP contribution in [0.15, 0.2) is 0 Å². The Bertz CT molecular complexity index is 118. The van der Waals surface area contributed by atoms with Gasteiger partial charge in [0, 0.05) is 11.6 Å². The third-order valence-corrected chi connectivity index (χ3v) is 4.26. The molecule has 3 nitrogen and oxygen atoms in total. The average Bonchev–Trinajstić information content (AvgIpc) is 2.16. The van der Waals surface area contributed by atoms with Gasteiger partial charge in [0.25, 0.3) is 0 Å². The predicted octanol–water partition coefficient (Wildman–Crippen LogP) is 3.27. The van der Waals surface area contributed by atoms with Crippen LogP contribution in [0.5, 0.6) is 0 Å². The predicted molar refractivity (Wildman–Crippen MR) is 62.7 cm³/mol. The third-order valence-electron chi connectivity index (χ3n) is 1.42. The molecule has 0 aliphatic heterocycles. The Morgan fingerprint density at radius 1 is 0.929 bits per heavy atom. The second-order valence-electron chi connectivity index (χ2n) is 2.52. The second kappa shape index (κ2) is 8.80. The number of alkyl halides is 1. The molecule has 0 aliphatic rings. The summed E-state index contributed by atoms with van der Waals surface area (Å²) >= 11 is 5.65. The van der Waals surface area contributed by atoms with Gasteiger partial charge in [0.15, 0.2) is 0 Å². The molecule has 0 fully saturated rings. The van der Waals surface area contributed by atoms with Crippen molar-refractivity contribution in [1.82, 2.24) is 0 Å². The Labute approximate surface area is 94.0 Å². The van der Waals surface area contributed by atoms with E-state index < -0.39 is 10.9 Å². The van der Waals surface area contributed by atoms with E-state index in [0.717, 1.165) is 12.2 Å². The lowest BCUT2D eigenvalue weighted by molar-refractivity contribution is 0.185. The Balaban J connectivity index is 4.21. The van der Waals surface area contributed by atoms with Crippen molar-refractivity contribution >= 4 is 22.5 Å². The van der Waals surface area contributed by atoms with Gasteiger partial charge in [0.05, 0.1) is 30.7 Å². The van der Waals surface area contributed by atoms with E-state index in [1.54, 1.807) is 0 Å². The first-order valence-electron chi connectivity index (χ1n) is 5.04. The zero-order valence-corrected chi connectivity index (χ0v) is 10.8. The maximum absolute atomic E-state index is 5.65. The highest BCUT2D eigenvalue weighted by atomic mass is 35.5. The number of hydrogen-bond donors (Lipinski definition) is 0. The molecular formula is C9H21ClO3S. The van der Waals surface area contributed by atoms with Gasteiger partial charge in [-0.1, -0.05) is 0 Å². The molecule has 0 rings (SSSR count). The molecule has 0 N–H and O–H groups in total. The highest BCUT2D eigenvalue weighted by molar-refractivity contribution is 8.21. The Kier molecular flexibility index (Phi) is 9.13. The zero-order valence-electron chi connectivity index (χ0n) is 9.25. The maximum Gasteiger partial charge on any atom is 0.0887 e. The molecule has 0 radical (unpaired) electrons. The van der Waals surface area contributed by atoms with Crippen molar-refractivity contribution in [3.63, 3.8) is 0 Å². The minimum absolute atomic E-state index is 0.609. The van der Waals surface area contributed by atoms with Gasteiger partial charge in [0.2, 0.25) is 0 Å². The molecule has 5 heteroatoms. The highest BCUT2D eigenvalue weighted by Crippen LogP contribution is 2.51. The molecule has 0 unspecified atom stereocenters. The van der Waals surface area contributed by atoms with Crippen LogP contribution < -0.4 is 0 Å². The van der Waals surface area contributed by atoms with Gasteiger partial charge >= 0.3 is 0 Å². The number of halogens is 1. The van der Waals surface area contributed by atoms with E-state index in [1.165, 1.54) is 0 Å². The normalized spacial score (nSPS) is 13.1. The molecule has 14 heavy (non-hydrogen) atoms. The molecule has 0 amide bonds. The monoisotopic (exact) mass is 244 g/mol. The summed E-state index contributed by atoms with van der Waals surface area (Å²) in [6.45, 7) is 7.66. The van der Waals surface area contributed by atoms with E-state index in [1.807, 2.05) is 20.8 Å². The molecule has 0 spiro atoms. The van der Waals surface area contributed by atoms with Crippen LogP contribution in [0.25, 0.3) is 0 Å². The Morgan fingerprint density at radius 3 is 1.64 bits per heavy atom. The molecule has 0 atom stereocenters. The van der Waals surface area contributed by atoms with E-state index >= 15 is 0 Å². The summed E-state index contributed by atoms with van der Waals surface area (Å²) in [5.41, 5.74) is 0. The van der Waals surface area contributed by atoms with Crippen LogP contribution in [-0.4, -0.2) is 31.5 Å². The summed E-state index contributed by atoms with van der Waals surface area (Å²) in [5, 5.41) is 0. The smallest absolute Gasteiger partial charge is 0.0887 e. The molecule has 0 aliphatic carbocycles. The van der Waals surface area contributed by atoms with Crippen LogP contribution in [-0.2, 0) is 12.5 Å². The van der Waals surface area contributed by atoms with Crippen molar-refractivity contribution in [2.24, 2.45) is 0 Å². The van der Waals surface area contributed by atoms with Crippen LogP contribution in [0.1, 0.15) is 27.2 Å². The fraction of sp³-hybridized carbons (Fsp3) is 1.00. The second-order valence-corrected chi connectivity index (χ2v) is 5.13. The molecule has 0 saturated carbocycles. The summed E-state index contributed by atoms with van der Waals surface area (Å²) in [7, 11) is -1.79. The van der Waals surface area contributed by atoms with Crippen LogP contribution in [0, 0.1) is 0 Å². The third kappa shape index (κ3) is 5.41. The minimum Gasteiger partial charge on any atom is -0.293 e. The van der Waals surface area contributed by atoms with Gasteiger partial charge in [0.1, 0.15) is 0 Å². The number of hydrogen-bond acceptors (Lipinski definition) is 3. The van der Waals surface area contributed by atoms with E-state index in [2.05, 4.69) is 0 Å². The lowest BCUT2D eigenvalue weighted by atomic mass is 10.6. The first-order valence-corrected chi connectivity index (χ1v) is 7.16. The van der Waals surface area contributed by atoms with Crippen molar-refractivity contribution in [1.29, 1.82) is 0 Å². The SMILES string of the molecule is CCOS(CCCCl)(OCC)OCC. The van der Waals surface area contributed by atoms with Crippen molar-refractivity contribution < 1.29 is 12.5 Å². The molecule has 0 saturated heterocycles. The fourth-order valence-electron chi connectivity index (χ4n) is 1.05. The summed E-state index contributed by atoms with van der Waals surface area (Å²) in [5.74, 6) is 1.37. The molecule has 0 heterocycles. The molecule has 88 valence electrons. The molecule has 0 aromatic carbocycles. The quantitative estimate of drug-likeness (QED) is 0.583. The van der Waals surface area contributed by atoms with Gasteiger partial charge in [-0.2, -0.15) is 0 Å². The lowest BCUT2D eigenvalue weighted by Gasteiger charge is -2.36. The van der Waals surface area contributed by atoms with E-state index in [4.69, 9.17) is 24.2 Å². The van der Waals surface area contributed by atoms with Gasteiger partial charge in [-0.25, -0.2) is 0 Å². The number of rotatable bonds is 9. The van der Waals surface area contributed by atoms with Gasteiger partial charge in [-0.3, -0.25) is 12.5 Å². The summed E-state index contributed by atoms with van der Waals surface area (Å²) in [6.07, 6.45) is 0.858. The minimum atomic E-state index is -1.79. The van der Waals surface area contributed by atoms with Crippen LogP contribution in [0.4, 0.5) is 0 Å². The lowest BCUT2D eigenvalue weighted by Crippen LogP contribution is -2.16. The summed E-state index contributed by atoms with van der Waals surface area (Å²) in [4.78, 5) is 0. The molecule has 0 aromatic rings. The highest BCUT2D eigenvalue weighted by Gasteiger charge is 2.25. The maximum atomic E-state index is 5.65. The largest absolute Gasteiger partial charge is 0.293 e. The van der Waals surface area contributed by atoms with Crippen molar-refractivity contribution in [3.05, 3.63) is 0 Å². The van der Waals surface area contributed by atoms with E-state index in [-0.39, 0.29) is 0 Å². The fourth-order valence-corrected chi connectivity index (χ4v) is 3.47. The Hall–Kier alpha value is 0.520. The van der Waals surface area contributed by atoms with Crippen molar-refractivity contribution in [2.75, 3.05) is 31.5 Å². The topological polar surface area (TPSA) is 27.7 Å². The van der Waals surface area contributed by atoms with Gasteiger partial charge in [-0.15, -0.1) is 11.6 Å². The van der Waals surface area contributed by atoms with Crippen LogP contribution in [0.3, 0.4) is 0 Å². The zero-order chi connectivity index (χ0) is 10.9. The van der Waals surface area contributed by atoms with Gasteiger partial charge in [-0.05, 0) is 27.2 Å². The van der Waals surface area contributed by atoms with Crippen LogP contribution in [0.2, 0.25) is 0 Å². The summed E-state index contributed by atoms with van der Waals surface area (Å²) in [6, 6.07) is 0. The molecule has 0 bridgehead atoms. The summed E-state index contributed by atoms with van der Waals surface area (Å²) < 4.78 is 16.8. The standard InChI is InChI=1S/C9H21ClO3S/c1-4-11-14(12-5-2,13-6-3)9-7-8-10/h4-9H2,1-3H3. The van der Waals surface area contributed by atoms with Crippen molar-refractivity contribution in [2.45, 2.75) is 27.2 Å². The average molecular weight is 245 g/mol. The van der Waals surface area contributed by atoms with E-state index in [9.17, 15) is 0 Å². The molecular weight excluding hydrogens is 224 g/mol. The molecule has 0 aromatic heterocycles. The Morgan fingerprint density at radius 2 is 1.36 bits per heavy atom.